The van der Waals surface area contributed by atoms with E-state index in [0.717, 1.165) is 11.8 Å². The molecule has 114 valence electrons. The van der Waals surface area contributed by atoms with Gasteiger partial charge in [-0.3, -0.25) is 10.1 Å². The van der Waals surface area contributed by atoms with Gasteiger partial charge in [-0.05, 0) is 5.56 Å². The van der Waals surface area contributed by atoms with E-state index in [1.54, 1.807) is 30.3 Å². The lowest BCUT2D eigenvalue weighted by Gasteiger charge is -2.03. The molecule has 0 saturated heterocycles. The Bertz CT molecular complexity index is 738. The summed E-state index contributed by atoms with van der Waals surface area (Å²) in [5, 5.41) is 24.1. The van der Waals surface area contributed by atoms with Crippen LogP contribution in [0, 0.1) is 10.1 Å². The van der Waals surface area contributed by atoms with Crippen molar-refractivity contribution in [1.82, 2.24) is 9.78 Å². The number of benzene rings is 1. The molecule has 2 rings (SSSR count). The summed E-state index contributed by atoms with van der Waals surface area (Å²) >= 11 is 0. The maximum Gasteiger partial charge on any atom is 0.365 e. The molecule has 0 aliphatic rings. The fourth-order valence-corrected chi connectivity index (χ4v) is 1.94. The first-order valence-electron chi connectivity index (χ1n) is 6.06. The summed E-state index contributed by atoms with van der Waals surface area (Å²) < 4.78 is 5.32. The number of nitro groups is 1. The lowest BCUT2D eigenvalue weighted by atomic mass is 10.2. The molecule has 0 spiro atoms. The number of carbonyl (C=O) groups is 2. The topological polar surface area (TPSA) is 125 Å². The number of carbonyl (C=O) groups excluding carboxylic acids is 1. The van der Waals surface area contributed by atoms with Crippen LogP contribution in [-0.2, 0) is 11.3 Å². The van der Waals surface area contributed by atoms with Gasteiger partial charge >= 0.3 is 17.6 Å². The standard InChI is InChI=1S/C13H11N3O6/c1-22-13(19)9-10(16(20)21)11(12(17)18)15(14-9)7-8-5-3-2-4-6-8/h2-6H,7H2,1H3,(H,17,18). The molecule has 0 atom stereocenters. The number of aromatic nitrogens is 2. The molecule has 9 heteroatoms. The van der Waals surface area contributed by atoms with Gasteiger partial charge in [-0.1, -0.05) is 30.3 Å². The molecule has 2 aromatic rings. The molecule has 0 aliphatic heterocycles. The van der Waals surface area contributed by atoms with Crippen LogP contribution in [0.15, 0.2) is 30.3 Å². The maximum atomic E-state index is 11.6. The Hall–Kier alpha value is -3.23. The Balaban J connectivity index is 2.60. The van der Waals surface area contributed by atoms with Crippen molar-refractivity contribution in [3.63, 3.8) is 0 Å². The molecule has 0 aliphatic carbocycles. The highest BCUT2D eigenvalue weighted by Crippen LogP contribution is 2.25. The zero-order valence-electron chi connectivity index (χ0n) is 11.4. The quantitative estimate of drug-likeness (QED) is 0.501. The second kappa shape index (κ2) is 6.04. The lowest BCUT2D eigenvalue weighted by Crippen LogP contribution is -2.12. The first kappa shape index (κ1) is 15.2. The summed E-state index contributed by atoms with van der Waals surface area (Å²) in [6, 6.07) is 8.64. The Kier molecular flexibility index (Phi) is 4.16. The van der Waals surface area contributed by atoms with E-state index in [9.17, 15) is 24.8 Å². The molecule has 1 heterocycles. The van der Waals surface area contributed by atoms with Crippen molar-refractivity contribution in [3.8, 4) is 0 Å². The molecule has 1 aromatic carbocycles. The van der Waals surface area contributed by atoms with Crippen molar-refractivity contribution < 1.29 is 24.4 Å². The van der Waals surface area contributed by atoms with Crippen molar-refractivity contribution in [1.29, 1.82) is 0 Å². The summed E-state index contributed by atoms with van der Waals surface area (Å²) in [6.07, 6.45) is 0. The molecule has 1 aromatic heterocycles. The van der Waals surface area contributed by atoms with Gasteiger partial charge in [0.15, 0.2) is 0 Å². The summed E-state index contributed by atoms with van der Waals surface area (Å²) in [6.45, 7) is -0.0275. The van der Waals surface area contributed by atoms with E-state index in [2.05, 4.69) is 9.84 Å². The zero-order chi connectivity index (χ0) is 16.3. The number of carboxylic acid groups (broad SMARTS) is 1. The van der Waals surface area contributed by atoms with E-state index in [-0.39, 0.29) is 6.54 Å². The number of ether oxygens (including phenoxy) is 1. The SMILES string of the molecule is COC(=O)c1nn(Cc2ccccc2)c(C(=O)O)c1[N+](=O)[O-]. The predicted octanol–water partition coefficient (Wildman–Crippen LogP) is 1.32. The second-order valence-corrected chi connectivity index (χ2v) is 4.24. The highest BCUT2D eigenvalue weighted by atomic mass is 16.6. The number of aromatic carboxylic acids is 1. The fourth-order valence-electron chi connectivity index (χ4n) is 1.94. The van der Waals surface area contributed by atoms with E-state index < -0.39 is 33.9 Å². The van der Waals surface area contributed by atoms with Crippen LogP contribution >= 0.6 is 0 Å². The largest absolute Gasteiger partial charge is 0.476 e. The molecule has 0 unspecified atom stereocenters. The summed E-state index contributed by atoms with van der Waals surface area (Å²) in [5.74, 6) is -2.62. The van der Waals surface area contributed by atoms with Gasteiger partial charge in [-0.15, -0.1) is 0 Å². The average molecular weight is 305 g/mol. The third-order valence-corrected chi connectivity index (χ3v) is 2.87. The van der Waals surface area contributed by atoms with Gasteiger partial charge in [0.1, 0.15) is 0 Å². The van der Waals surface area contributed by atoms with E-state index in [1.165, 1.54) is 0 Å². The summed E-state index contributed by atoms with van der Waals surface area (Å²) in [7, 11) is 1.03. The van der Waals surface area contributed by atoms with Crippen LogP contribution in [0.2, 0.25) is 0 Å². The van der Waals surface area contributed by atoms with Crippen LogP contribution in [-0.4, -0.2) is 38.9 Å². The first-order valence-corrected chi connectivity index (χ1v) is 6.06. The molecule has 22 heavy (non-hydrogen) atoms. The Morgan fingerprint density at radius 1 is 1.36 bits per heavy atom. The van der Waals surface area contributed by atoms with Crippen molar-refractivity contribution in [2.75, 3.05) is 7.11 Å². The number of nitrogens with zero attached hydrogens (tertiary/aromatic N) is 3. The number of methoxy groups -OCH3 is 1. The van der Waals surface area contributed by atoms with Crippen molar-refractivity contribution >= 4 is 17.6 Å². The van der Waals surface area contributed by atoms with Gasteiger partial charge in [0, 0.05) is 0 Å². The number of rotatable bonds is 5. The fraction of sp³-hybridized carbons (Fsp3) is 0.154. The third kappa shape index (κ3) is 2.77. The van der Waals surface area contributed by atoms with Crippen molar-refractivity contribution in [2.45, 2.75) is 6.54 Å². The molecule has 0 amide bonds. The molecule has 0 bridgehead atoms. The van der Waals surface area contributed by atoms with Gasteiger partial charge < -0.3 is 9.84 Å². The highest BCUT2D eigenvalue weighted by Gasteiger charge is 2.36. The maximum absolute atomic E-state index is 11.6. The smallest absolute Gasteiger partial charge is 0.365 e. The predicted molar refractivity (Wildman–Crippen MR) is 72.7 cm³/mol. The number of carboxylic acids is 1. The van der Waals surface area contributed by atoms with Crippen LogP contribution in [0.3, 0.4) is 0 Å². The molecule has 0 fully saturated rings. The van der Waals surface area contributed by atoms with Gasteiger partial charge in [0.25, 0.3) is 0 Å². The molecule has 0 radical (unpaired) electrons. The van der Waals surface area contributed by atoms with Crippen LogP contribution in [0.25, 0.3) is 0 Å². The summed E-state index contributed by atoms with van der Waals surface area (Å²) in [4.78, 5) is 33.1. The number of hydrogen-bond donors (Lipinski definition) is 1. The second-order valence-electron chi connectivity index (χ2n) is 4.24. The van der Waals surface area contributed by atoms with Gasteiger partial charge in [0.2, 0.25) is 11.4 Å². The van der Waals surface area contributed by atoms with Gasteiger partial charge in [-0.25, -0.2) is 14.3 Å². The van der Waals surface area contributed by atoms with Crippen molar-refractivity contribution in [3.05, 3.63) is 57.4 Å². The van der Waals surface area contributed by atoms with Crippen LogP contribution < -0.4 is 0 Å². The minimum atomic E-state index is -1.55. The van der Waals surface area contributed by atoms with E-state index in [0.29, 0.717) is 5.56 Å². The Labute approximate surface area is 123 Å². The van der Waals surface area contributed by atoms with E-state index in [4.69, 9.17) is 0 Å². The van der Waals surface area contributed by atoms with E-state index >= 15 is 0 Å². The number of hydrogen-bond acceptors (Lipinski definition) is 6. The Morgan fingerprint density at radius 3 is 2.50 bits per heavy atom. The first-order chi connectivity index (χ1) is 10.5. The van der Waals surface area contributed by atoms with E-state index in [1.807, 2.05) is 0 Å². The van der Waals surface area contributed by atoms with Gasteiger partial charge in [-0.2, -0.15) is 5.10 Å². The van der Waals surface area contributed by atoms with Crippen LogP contribution in [0.5, 0.6) is 0 Å². The molecule has 9 nitrogen and oxygen atoms in total. The van der Waals surface area contributed by atoms with Crippen LogP contribution in [0.4, 0.5) is 5.69 Å². The van der Waals surface area contributed by atoms with Crippen molar-refractivity contribution in [2.24, 2.45) is 0 Å². The Morgan fingerprint density at radius 2 is 2.00 bits per heavy atom. The van der Waals surface area contributed by atoms with Gasteiger partial charge in [0.05, 0.1) is 18.6 Å². The third-order valence-electron chi connectivity index (χ3n) is 2.87. The minimum absolute atomic E-state index is 0.0275. The molecular formula is C13H11N3O6. The highest BCUT2D eigenvalue weighted by molar-refractivity contribution is 5.99. The molecule has 1 N–H and O–H groups in total. The molecule has 0 saturated carbocycles. The average Bonchev–Trinajstić information content (AvgIpc) is 2.87. The molecular weight excluding hydrogens is 294 g/mol. The zero-order valence-corrected chi connectivity index (χ0v) is 11.4. The normalized spacial score (nSPS) is 10.2. The number of esters is 1. The minimum Gasteiger partial charge on any atom is -0.476 e. The lowest BCUT2D eigenvalue weighted by molar-refractivity contribution is -0.385. The summed E-state index contributed by atoms with van der Waals surface area (Å²) in [5.41, 5.74) is -1.51. The monoisotopic (exact) mass is 305 g/mol. The van der Waals surface area contributed by atoms with Crippen LogP contribution in [0.1, 0.15) is 26.5 Å².